The lowest BCUT2D eigenvalue weighted by atomic mass is 9.99. The molecule has 7 heteroatoms. The number of carbonyl (C=O) groups is 1. The molecule has 0 spiro atoms. The SMILES string of the molecule is O=C1C=C(n2ncc3cc(C4=CCNCC4)ccc32)S(=O)N1. The van der Waals surface area contributed by atoms with Crippen LogP contribution in [0.4, 0.5) is 0 Å². The Hall–Kier alpha value is -2.25. The van der Waals surface area contributed by atoms with Crippen LogP contribution in [0.1, 0.15) is 12.0 Å². The molecule has 2 aromatic rings. The Bertz CT molecular complexity index is 866. The highest BCUT2D eigenvalue weighted by Gasteiger charge is 2.23. The summed E-state index contributed by atoms with van der Waals surface area (Å²) in [7, 11) is -1.54. The van der Waals surface area contributed by atoms with Gasteiger partial charge in [0.25, 0.3) is 5.91 Å². The van der Waals surface area contributed by atoms with Gasteiger partial charge in [-0.2, -0.15) is 5.10 Å². The summed E-state index contributed by atoms with van der Waals surface area (Å²) in [6, 6.07) is 6.09. The summed E-state index contributed by atoms with van der Waals surface area (Å²) in [5, 5.41) is 8.91. The Kier molecular flexibility index (Phi) is 3.16. The smallest absolute Gasteiger partial charge is 0.258 e. The number of amides is 1. The summed E-state index contributed by atoms with van der Waals surface area (Å²) in [6.07, 6.45) is 6.27. The summed E-state index contributed by atoms with van der Waals surface area (Å²) >= 11 is 0. The van der Waals surface area contributed by atoms with E-state index in [9.17, 15) is 9.00 Å². The summed E-state index contributed by atoms with van der Waals surface area (Å²) < 4.78 is 15.8. The van der Waals surface area contributed by atoms with Gasteiger partial charge < -0.3 is 5.32 Å². The number of benzene rings is 1. The Labute approximate surface area is 129 Å². The summed E-state index contributed by atoms with van der Waals surface area (Å²) in [6.45, 7) is 1.88. The molecule has 2 N–H and O–H groups in total. The van der Waals surface area contributed by atoms with Crippen LogP contribution in [0.5, 0.6) is 0 Å². The molecule has 4 rings (SSSR count). The van der Waals surface area contributed by atoms with Crippen molar-refractivity contribution in [3.8, 4) is 0 Å². The van der Waals surface area contributed by atoms with Gasteiger partial charge in [-0.1, -0.05) is 12.1 Å². The maximum atomic E-state index is 11.9. The summed E-state index contributed by atoms with van der Waals surface area (Å²) in [5.74, 6) is -0.353. The van der Waals surface area contributed by atoms with Crippen LogP contribution in [-0.4, -0.2) is 33.0 Å². The fraction of sp³-hybridized carbons (Fsp3) is 0.200. The quantitative estimate of drug-likeness (QED) is 0.867. The molecule has 1 atom stereocenters. The molecule has 22 heavy (non-hydrogen) atoms. The number of hydrogen-bond donors (Lipinski definition) is 2. The third-order valence-corrected chi connectivity index (χ3v) is 4.91. The van der Waals surface area contributed by atoms with Crippen molar-refractivity contribution in [3.05, 3.63) is 42.1 Å². The molecule has 2 aliphatic heterocycles. The van der Waals surface area contributed by atoms with Gasteiger partial charge in [0.1, 0.15) is 0 Å². The average molecular weight is 314 g/mol. The Balaban J connectivity index is 1.78. The van der Waals surface area contributed by atoms with Crippen molar-refractivity contribution in [2.24, 2.45) is 0 Å². The van der Waals surface area contributed by atoms with Crippen LogP contribution >= 0.6 is 0 Å². The summed E-state index contributed by atoms with van der Waals surface area (Å²) in [4.78, 5) is 11.3. The second-order valence-corrected chi connectivity index (χ2v) is 6.39. The van der Waals surface area contributed by atoms with Gasteiger partial charge in [-0.3, -0.25) is 9.52 Å². The highest BCUT2D eigenvalue weighted by molar-refractivity contribution is 7.93. The molecule has 112 valence electrons. The van der Waals surface area contributed by atoms with Gasteiger partial charge in [0.15, 0.2) is 16.0 Å². The van der Waals surface area contributed by atoms with E-state index in [1.54, 1.807) is 10.9 Å². The highest BCUT2D eigenvalue weighted by Crippen LogP contribution is 2.26. The maximum absolute atomic E-state index is 11.9. The van der Waals surface area contributed by atoms with Crippen molar-refractivity contribution >= 4 is 38.4 Å². The van der Waals surface area contributed by atoms with Crippen LogP contribution in [-0.2, 0) is 15.8 Å². The van der Waals surface area contributed by atoms with Gasteiger partial charge in [-0.15, -0.1) is 0 Å². The zero-order valence-electron chi connectivity index (χ0n) is 11.7. The van der Waals surface area contributed by atoms with Gasteiger partial charge >= 0.3 is 0 Å². The van der Waals surface area contributed by atoms with Crippen LogP contribution < -0.4 is 10.0 Å². The largest absolute Gasteiger partial charge is 0.313 e. The lowest BCUT2D eigenvalue weighted by molar-refractivity contribution is -0.114. The fourth-order valence-corrected chi connectivity index (χ4v) is 3.63. The number of nitrogens with zero attached hydrogens (tertiary/aromatic N) is 2. The second-order valence-electron chi connectivity index (χ2n) is 5.23. The minimum atomic E-state index is -1.54. The van der Waals surface area contributed by atoms with E-state index in [4.69, 9.17) is 0 Å². The number of rotatable bonds is 2. The third-order valence-electron chi connectivity index (χ3n) is 3.85. The normalized spacial score (nSPS) is 21.6. The molecule has 1 unspecified atom stereocenters. The molecule has 0 saturated carbocycles. The van der Waals surface area contributed by atoms with Crippen LogP contribution in [0.15, 0.2) is 36.5 Å². The molecule has 1 aromatic heterocycles. The Morgan fingerprint density at radius 2 is 2.23 bits per heavy atom. The second kappa shape index (κ2) is 5.19. The van der Waals surface area contributed by atoms with Gasteiger partial charge in [0.2, 0.25) is 0 Å². The van der Waals surface area contributed by atoms with Crippen molar-refractivity contribution in [1.82, 2.24) is 19.8 Å². The standard InChI is InChI=1S/C15H14N4O2S/c20-14-8-15(22(21)18-14)19-13-2-1-11(7-12(13)9-17-19)10-3-5-16-6-4-10/h1-3,7-9,16H,4-6H2,(H,18,20). The van der Waals surface area contributed by atoms with Crippen molar-refractivity contribution in [3.63, 3.8) is 0 Å². The first-order valence-electron chi connectivity index (χ1n) is 7.05. The minimum absolute atomic E-state index is 0.353. The van der Waals surface area contributed by atoms with Crippen LogP contribution in [0.3, 0.4) is 0 Å². The van der Waals surface area contributed by atoms with Gasteiger partial charge in [0, 0.05) is 18.0 Å². The molecule has 2 aliphatic rings. The first-order valence-corrected chi connectivity index (χ1v) is 8.20. The number of hydrogen-bond acceptors (Lipinski definition) is 4. The van der Waals surface area contributed by atoms with Gasteiger partial charge in [0.05, 0.1) is 11.7 Å². The molecule has 0 fully saturated rings. The van der Waals surface area contributed by atoms with Crippen molar-refractivity contribution in [1.29, 1.82) is 0 Å². The topological polar surface area (TPSA) is 76.0 Å². The zero-order valence-corrected chi connectivity index (χ0v) is 12.5. The fourth-order valence-electron chi connectivity index (χ4n) is 2.77. The average Bonchev–Trinajstić information content (AvgIpc) is 3.10. The first kappa shape index (κ1) is 13.4. The van der Waals surface area contributed by atoms with E-state index in [0.29, 0.717) is 5.03 Å². The number of aromatic nitrogens is 2. The maximum Gasteiger partial charge on any atom is 0.258 e. The first-order chi connectivity index (χ1) is 10.7. The summed E-state index contributed by atoms with van der Waals surface area (Å²) in [5.41, 5.74) is 3.35. The van der Waals surface area contributed by atoms with Crippen molar-refractivity contribution in [2.75, 3.05) is 13.1 Å². The minimum Gasteiger partial charge on any atom is -0.313 e. The number of fused-ring (bicyclic) bond motifs is 1. The number of nitrogens with one attached hydrogen (secondary N) is 2. The lowest BCUT2D eigenvalue weighted by Gasteiger charge is -2.14. The van der Waals surface area contributed by atoms with Crippen LogP contribution in [0.2, 0.25) is 0 Å². The van der Waals surface area contributed by atoms with Crippen LogP contribution in [0, 0.1) is 0 Å². The highest BCUT2D eigenvalue weighted by atomic mass is 32.2. The predicted molar refractivity (Wildman–Crippen MR) is 85.8 cm³/mol. The molecule has 0 bridgehead atoms. The molecule has 0 radical (unpaired) electrons. The van der Waals surface area contributed by atoms with E-state index in [0.717, 1.165) is 30.4 Å². The molecule has 3 heterocycles. The predicted octanol–water partition coefficient (Wildman–Crippen LogP) is 1.00. The molecule has 0 aliphatic carbocycles. The van der Waals surface area contributed by atoms with Crippen molar-refractivity contribution < 1.29 is 9.00 Å². The van der Waals surface area contributed by atoms with E-state index in [-0.39, 0.29) is 5.91 Å². The van der Waals surface area contributed by atoms with Crippen LogP contribution in [0.25, 0.3) is 21.5 Å². The molecular weight excluding hydrogens is 300 g/mol. The van der Waals surface area contributed by atoms with Gasteiger partial charge in [-0.05, 0) is 36.2 Å². The Morgan fingerprint density at radius 1 is 1.32 bits per heavy atom. The molecule has 6 nitrogen and oxygen atoms in total. The van der Waals surface area contributed by atoms with E-state index >= 15 is 0 Å². The number of carbonyl (C=O) groups excluding carboxylic acids is 1. The zero-order chi connectivity index (χ0) is 15.1. The Morgan fingerprint density at radius 3 is 2.95 bits per heavy atom. The molecule has 0 saturated heterocycles. The van der Waals surface area contributed by atoms with Crippen molar-refractivity contribution in [2.45, 2.75) is 6.42 Å². The van der Waals surface area contributed by atoms with E-state index in [1.165, 1.54) is 17.2 Å². The van der Waals surface area contributed by atoms with E-state index in [2.05, 4.69) is 27.3 Å². The lowest BCUT2D eigenvalue weighted by Crippen LogP contribution is -2.19. The molecular formula is C15H14N4O2S. The molecule has 1 amide bonds. The van der Waals surface area contributed by atoms with E-state index in [1.807, 2.05) is 12.1 Å². The van der Waals surface area contributed by atoms with Gasteiger partial charge in [-0.25, -0.2) is 8.89 Å². The third kappa shape index (κ3) is 2.18. The monoisotopic (exact) mass is 314 g/mol. The van der Waals surface area contributed by atoms with E-state index < -0.39 is 11.0 Å². The molecule has 1 aromatic carbocycles.